The Hall–Kier alpha value is -1.89. The Balaban J connectivity index is 2.98. The summed E-state index contributed by atoms with van der Waals surface area (Å²) in [7, 11) is 1.58. The first-order valence-corrected chi connectivity index (χ1v) is 5.39. The number of hydrogen-bond donors (Lipinski definition) is 0. The van der Waals surface area contributed by atoms with E-state index in [2.05, 4.69) is 0 Å². The summed E-state index contributed by atoms with van der Waals surface area (Å²) in [6.07, 6.45) is 0.438. The molecule has 0 saturated carbocycles. The lowest BCUT2D eigenvalue weighted by Gasteiger charge is -2.26. The van der Waals surface area contributed by atoms with Gasteiger partial charge in [0.1, 0.15) is 11.2 Å². The van der Waals surface area contributed by atoms with Crippen LogP contribution in [0, 0.1) is 22.6 Å². The fraction of sp³-hybridized carbons (Fsp3) is 0.385. The van der Waals surface area contributed by atoms with Gasteiger partial charge in [0.2, 0.25) is 5.91 Å². The van der Waals surface area contributed by atoms with Crippen molar-refractivity contribution >= 4 is 11.6 Å². The van der Waals surface area contributed by atoms with E-state index < -0.39 is 5.41 Å². The second-order valence-corrected chi connectivity index (χ2v) is 4.14. The SMILES string of the molecule is CCC(C)(C#N)C(=O)N(C)c1ccc(F)cc1. The Morgan fingerprint density at radius 2 is 2.00 bits per heavy atom. The van der Waals surface area contributed by atoms with E-state index in [0.717, 1.165) is 0 Å². The van der Waals surface area contributed by atoms with Crippen molar-refractivity contribution in [3.05, 3.63) is 30.1 Å². The van der Waals surface area contributed by atoms with Crippen LogP contribution in [-0.4, -0.2) is 13.0 Å². The fourth-order valence-corrected chi connectivity index (χ4v) is 1.43. The van der Waals surface area contributed by atoms with Gasteiger partial charge in [0.05, 0.1) is 6.07 Å². The lowest BCUT2D eigenvalue weighted by molar-refractivity contribution is -0.124. The number of anilines is 1. The van der Waals surface area contributed by atoms with Crippen molar-refractivity contribution in [2.45, 2.75) is 20.3 Å². The van der Waals surface area contributed by atoms with Crippen LogP contribution in [0.4, 0.5) is 10.1 Å². The highest BCUT2D eigenvalue weighted by Gasteiger charge is 2.34. The predicted octanol–water partition coefficient (Wildman–Crippen LogP) is 2.73. The molecule has 0 bridgehead atoms. The van der Waals surface area contributed by atoms with E-state index in [1.165, 1.54) is 29.2 Å². The average molecular weight is 234 g/mol. The van der Waals surface area contributed by atoms with Gasteiger partial charge in [-0.05, 0) is 37.6 Å². The largest absolute Gasteiger partial charge is 0.314 e. The molecule has 0 spiro atoms. The maximum absolute atomic E-state index is 12.8. The summed E-state index contributed by atoms with van der Waals surface area (Å²) in [6.45, 7) is 3.40. The number of hydrogen-bond acceptors (Lipinski definition) is 2. The maximum atomic E-state index is 12.8. The quantitative estimate of drug-likeness (QED) is 0.807. The lowest BCUT2D eigenvalue weighted by atomic mass is 9.88. The van der Waals surface area contributed by atoms with Gasteiger partial charge < -0.3 is 4.90 Å². The summed E-state index contributed by atoms with van der Waals surface area (Å²) in [5, 5.41) is 9.04. The highest BCUT2D eigenvalue weighted by molar-refractivity contribution is 5.98. The third kappa shape index (κ3) is 2.62. The molecule has 0 aliphatic heterocycles. The Bertz CT molecular complexity index is 449. The van der Waals surface area contributed by atoms with Crippen molar-refractivity contribution in [3.8, 4) is 6.07 Å². The van der Waals surface area contributed by atoms with Gasteiger partial charge >= 0.3 is 0 Å². The molecule has 1 rings (SSSR count). The van der Waals surface area contributed by atoms with Crippen LogP contribution in [0.1, 0.15) is 20.3 Å². The third-order valence-corrected chi connectivity index (χ3v) is 2.94. The summed E-state index contributed by atoms with van der Waals surface area (Å²) < 4.78 is 12.8. The van der Waals surface area contributed by atoms with Crippen LogP contribution in [-0.2, 0) is 4.79 Å². The first-order chi connectivity index (χ1) is 7.94. The topological polar surface area (TPSA) is 44.1 Å². The zero-order valence-electron chi connectivity index (χ0n) is 10.2. The highest BCUT2D eigenvalue weighted by Crippen LogP contribution is 2.25. The van der Waals surface area contributed by atoms with Gasteiger partial charge in [-0.3, -0.25) is 4.79 Å². The normalized spacial score (nSPS) is 13.6. The molecule has 1 amide bonds. The molecular formula is C13H15FN2O. The Labute approximate surface area is 100 Å². The molecule has 0 aliphatic carbocycles. The van der Waals surface area contributed by atoms with E-state index in [-0.39, 0.29) is 11.7 Å². The van der Waals surface area contributed by atoms with Gasteiger partial charge in [-0.1, -0.05) is 6.92 Å². The van der Waals surface area contributed by atoms with Crippen molar-refractivity contribution in [3.63, 3.8) is 0 Å². The molecule has 1 aromatic rings. The van der Waals surface area contributed by atoms with Gasteiger partial charge in [0.25, 0.3) is 0 Å². The first kappa shape index (κ1) is 13.2. The summed E-state index contributed by atoms with van der Waals surface area (Å²) in [5.41, 5.74) is -0.463. The van der Waals surface area contributed by atoms with E-state index in [9.17, 15) is 9.18 Å². The monoisotopic (exact) mass is 234 g/mol. The van der Waals surface area contributed by atoms with Crippen molar-refractivity contribution in [1.29, 1.82) is 5.26 Å². The Morgan fingerprint density at radius 1 is 1.47 bits per heavy atom. The minimum atomic E-state index is -1.04. The van der Waals surface area contributed by atoms with Gasteiger partial charge in [0, 0.05) is 12.7 Å². The van der Waals surface area contributed by atoms with Crippen LogP contribution in [0.2, 0.25) is 0 Å². The molecule has 17 heavy (non-hydrogen) atoms. The lowest BCUT2D eigenvalue weighted by Crippen LogP contribution is -2.39. The van der Waals surface area contributed by atoms with Crippen LogP contribution in [0.25, 0.3) is 0 Å². The molecule has 0 fully saturated rings. The van der Waals surface area contributed by atoms with E-state index in [0.29, 0.717) is 12.1 Å². The van der Waals surface area contributed by atoms with Crippen molar-refractivity contribution < 1.29 is 9.18 Å². The smallest absolute Gasteiger partial charge is 0.246 e. The molecule has 4 heteroatoms. The second-order valence-electron chi connectivity index (χ2n) is 4.14. The van der Waals surface area contributed by atoms with Crippen LogP contribution < -0.4 is 4.90 Å². The van der Waals surface area contributed by atoms with Crippen molar-refractivity contribution in [2.75, 3.05) is 11.9 Å². The first-order valence-electron chi connectivity index (χ1n) is 5.39. The molecule has 0 heterocycles. The molecular weight excluding hydrogens is 219 g/mol. The van der Waals surface area contributed by atoms with Crippen molar-refractivity contribution in [1.82, 2.24) is 0 Å². The standard InChI is InChI=1S/C13H15FN2O/c1-4-13(2,9-15)12(17)16(3)11-7-5-10(14)6-8-11/h5-8H,4H2,1-3H3. The van der Waals surface area contributed by atoms with Gasteiger partial charge in [0.15, 0.2) is 0 Å². The third-order valence-electron chi connectivity index (χ3n) is 2.94. The molecule has 0 N–H and O–H groups in total. The number of benzene rings is 1. The van der Waals surface area contributed by atoms with Crippen molar-refractivity contribution in [2.24, 2.45) is 5.41 Å². The number of nitriles is 1. The summed E-state index contributed by atoms with van der Waals surface area (Å²) in [5.74, 6) is -0.637. The summed E-state index contributed by atoms with van der Waals surface area (Å²) >= 11 is 0. The van der Waals surface area contributed by atoms with Crippen LogP contribution >= 0.6 is 0 Å². The average Bonchev–Trinajstić information content (AvgIpc) is 2.37. The minimum Gasteiger partial charge on any atom is -0.314 e. The summed E-state index contributed by atoms with van der Waals surface area (Å²) in [6, 6.07) is 7.63. The van der Waals surface area contributed by atoms with Gasteiger partial charge in [-0.25, -0.2) is 4.39 Å². The Kier molecular flexibility index (Phi) is 3.84. The molecule has 0 saturated heterocycles. The molecule has 90 valence electrons. The van der Waals surface area contributed by atoms with E-state index in [1.54, 1.807) is 20.9 Å². The Morgan fingerprint density at radius 3 is 2.41 bits per heavy atom. The molecule has 0 aromatic heterocycles. The second kappa shape index (κ2) is 4.96. The van der Waals surface area contributed by atoms with Crippen LogP contribution in [0.3, 0.4) is 0 Å². The van der Waals surface area contributed by atoms with Gasteiger partial charge in [-0.15, -0.1) is 0 Å². The molecule has 0 radical (unpaired) electrons. The van der Waals surface area contributed by atoms with E-state index >= 15 is 0 Å². The van der Waals surface area contributed by atoms with E-state index in [4.69, 9.17) is 5.26 Å². The molecule has 3 nitrogen and oxygen atoms in total. The number of halogens is 1. The number of rotatable bonds is 3. The zero-order chi connectivity index (χ0) is 13.1. The number of carbonyl (C=O) groups is 1. The molecule has 0 aliphatic rings. The van der Waals surface area contributed by atoms with Gasteiger partial charge in [-0.2, -0.15) is 5.26 Å². The van der Waals surface area contributed by atoms with Crippen LogP contribution in [0.5, 0.6) is 0 Å². The minimum absolute atomic E-state index is 0.283. The number of carbonyl (C=O) groups excluding carboxylic acids is 1. The number of amides is 1. The fourth-order valence-electron chi connectivity index (χ4n) is 1.43. The molecule has 1 aromatic carbocycles. The summed E-state index contributed by atoms with van der Waals surface area (Å²) in [4.78, 5) is 13.5. The zero-order valence-corrected chi connectivity index (χ0v) is 10.2. The van der Waals surface area contributed by atoms with Crippen LogP contribution in [0.15, 0.2) is 24.3 Å². The van der Waals surface area contributed by atoms with E-state index in [1.807, 2.05) is 6.07 Å². The molecule has 1 atom stereocenters. The number of nitrogens with zero attached hydrogens (tertiary/aromatic N) is 2. The highest BCUT2D eigenvalue weighted by atomic mass is 19.1. The predicted molar refractivity (Wildman–Crippen MR) is 63.8 cm³/mol. The molecule has 1 unspecified atom stereocenters. The maximum Gasteiger partial charge on any atom is 0.246 e.